The van der Waals surface area contributed by atoms with Crippen LogP contribution >= 0.6 is 0 Å². The van der Waals surface area contributed by atoms with Gasteiger partial charge in [-0.25, -0.2) is 13.2 Å². The molecular weight excluding hydrogens is 412 g/mol. The second-order valence-electron chi connectivity index (χ2n) is 6.16. The van der Waals surface area contributed by atoms with Crippen molar-refractivity contribution in [2.75, 3.05) is 31.1 Å². The molecular formula is C20H20N2O7S. The number of sulfonamides is 1. The van der Waals surface area contributed by atoms with Gasteiger partial charge in [0.2, 0.25) is 0 Å². The van der Waals surface area contributed by atoms with E-state index in [2.05, 4.69) is 16.6 Å². The lowest BCUT2D eigenvalue weighted by molar-refractivity contribution is -0.124. The maximum atomic E-state index is 12.6. The van der Waals surface area contributed by atoms with E-state index >= 15 is 0 Å². The standard InChI is InChI=1S/C20H20N2O7S/c1-2-9-21-19(23)13-29-20(24)14-3-5-15(6-4-14)22-30(25,26)16-7-8-17-18(12-16)28-11-10-27-17/h2-8,12,22H,1,9-11,13H2,(H,21,23). The largest absolute Gasteiger partial charge is 0.486 e. The Hall–Kier alpha value is -3.53. The van der Waals surface area contributed by atoms with Crippen molar-refractivity contribution in [2.24, 2.45) is 0 Å². The Morgan fingerprint density at radius 2 is 1.77 bits per heavy atom. The smallest absolute Gasteiger partial charge is 0.338 e. The number of hydrogen-bond acceptors (Lipinski definition) is 7. The molecule has 0 bridgehead atoms. The second kappa shape index (κ2) is 9.31. The minimum Gasteiger partial charge on any atom is -0.486 e. The van der Waals surface area contributed by atoms with E-state index in [1.807, 2.05) is 0 Å². The molecule has 0 spiro atoms. The van der Waals surface area contributed by atoms with E-state index in [1.54, 1.807) is 0 Å². The average Bonchev–Trinajstić information content (AvgIpc) is 2.76. The molecule has 9 nitrogen and oxygen atoms in total. The molecule has 158 valence electrons. The molecule has 2 N–H and O–H groups in total. The van der Waals surface area contributed by atoms with E-state index in [9.17, 15) is 18.0 Å². The summed E-state index contributed by atoms with van der Waals surface area (Å²) in [5.41, 5.74) is 0.430. The fourth-order valence-corrected chi connectivity index (χ4v) is 3.60. The van der Waals surface area contributed by atoms with E-state index in [0.29, 0.717) is 24.7 Å². The zero-order valence-electron chi connectivity index (χ0n) is 15.9. The summed E-state index contributed by atoms with van der Waals surface area (Å²) in [5, 5.41) is 2.48. The molecule has 2 aromatic carbocycles. The minimum absolute atomic E-state index is 0.0146. The van der Waals surface area contributed by atoms with Crippen LogP contribution in [-0.2, 0) is 19.6 Å². The maximum Gasteiger partial charge on any atom is 0.338 e. The van der Waals surface area contributed by atoms with Crippen LogP contribution in [0.15, 0.2) is 60.0 Å². The number of esters is 1. The van der Waals surface area contributed by atoms with Gasteiger partial charge in [0.25, 0.3) is 15.9 Å². The molecule has 0 atom stereocenters. The monoisotopic (exact) mass is 432 g/mol. The van der Waals surface area contributed by atoms with Crippen LogP contribution in [0.25, 0.3) is 0 Å². The van der Waals surface area contributed by atoms with Gasteiger partial charge in [0.1, 0.15) is 13.2 Å². The molecule has 1 aliphatic rings. The van der Waals surface area contributed by atoms with E-state index in [4.69, 9.17) is 14.2 Å². The average molecular weight is 432 g/mol. The summed E-state index contributed by atoms with van der Waals surface area (Å²) in [6.07, 6.45) is 1.50. The first kappa shape index (κ1) is 21.2. The summed E-state index contributed by atoms with van der Waals surface area (Å²) in [7, 11) is -3.87. The molecule has 0 saturated heterocycles. The highest BCUT2D eigenvalue weighted by atomic mass is 32.2. The summed E-state index contributed by atoms with van der Waals surface area (Å²) in [6.45, 7) is 4.06. The summed E-state index contributed by atoms with van der Waals surface area (Å²) in [6, 6.07) is 9.97. The topological polar surface area (TPSA) is 120 Å². The van der Waals surface area contributed by atoms with Crippen LogP contribution in [0, 0.1) is 0 Å². The predicted molar refractivity (Wildman–Crippen MR) is 108 cm³/mol. The molecule has 1 heterocycles. The number of carbonyl (C=O) groups excluding carboxylic acids is 2. The lowest BCUT2D eigenvalue weighted by Gasteiger charge is -2.19. The number of fused-ring (bicyclic) bond motifs is 1. The molecule has 1 aliphatic heterocycles. The van der Waals surface area contributed by atoms with Crippen molar-refractivity contribution in [3.63, 3.8) is 0 Å². The molecule has 30 heavy (non-hydrogen) atoms. The SMILES string of the molecule is C=CCNC(=O)COC(=O)c1ccc(NS(=O)(=O)c2ccc3c(c2)OCCO3)cc1. The molecule has 0 saturated carbocycles. The van der Waals surface area contributed by atoms with Crippen molar-refractivity contribution in [1.29, 1.82) is 0 Å². The number of carbonyl (C=O) groups is 2. The van der Waals surface area contributed by atoms with Crippen molar-refractivity contribution >= 4 is 27.6 Å². The third-order valence-electron chi connectivity index (χ3n) is 3.97. The fourth-order valence-electron chi connectivity index (χ4n) is 2.53. The number of amides is 1. The Kier molecular flexibility index (Phi) is 6.58. The van der Waals surface area contributed by atoms with Crippen molar-refractivity contribution < 1.29 is 32.2 Å². The molecule has 10 heteroatoms. The highest BCUT2D eigenvalue weighted by Gasteiger charge is 2.20. The first-order valence-corrected chi connectivity index (χ1v) is 10.4. The minimum atomic E-state index is -3.87. The number of hydrogen-bond donors (Lipinski definition) is 2. The van der Waals surface area contributed by atoms with Crippen molar-refractivity contribution in [2.45, 2.75) is 4.90 Å². The predicted octanol–water partition coefficient (Wildman–Crippen LogP) is 1.72. The van der Waals surface area contributed by atoms with Crippen LogP contribution in [0.5, 0.6) is 11.5 Å². The fraction of sp³-hybridized carbons (Fsp3) is 0.200. The summed E-state index contributed by atoms with van der Waals surface area (Å²) in [5.74, 6) is -0.308. The Morgan fingerprint density at radius 1 is 1.07 bits per heavy atom. The van der Waals surface area contributed by atoms with Crippen LogP contribution in [0.4, 0.5) is 5.69 Å². The van der Waals surface area contributed by atoms with Gasteiger partial charge in [-0.2, -0.15) is 0 Å². The van der Waals surface area contributed by atoms with Crippen LogP contribution in [-0.4, -0.2) is 46.7 Å². The van der Waals surface area contributed by atoms with Gasteiger partial charge in [0, 0.05) is 18.3 Å². The molecule has 2 aromatic rings. The number of ether oxygens (including phenoxy) is 3. The Morgan fingerprint density at radius 3 is 2.47 bits per heavy atom. The highest BCUT2D eigenvalue weighted by Crippen LogP contribution is 2.32. The van der Waals surface area contributed by atoms with Gasteiger partial charge in [-0.1, -0.05) is 6.08 Å². The number of benzene rings is 2. The van der Waals surface area contributed by atoms with Gasteiger partial charge in [-0.05, 0) is 36.4 Å². The van der Waals surface area contributed by atoms with Gasteiger partial charge < -0.3 is 19.5 Å². The van der Waals surface area contributed by atoms with Crippen LogP contribution in [0.3, 0.4) is 0 Å². The summed E-state index contributed by atoms with van der Waals surface area (Å²) in [4.78, 5) is 23.4. The maximum absolute atomic E-state index is 12.6. The van der Waals surface area contributed by atoms with Gasteiger partial charge in [-0.15, -0.1) is 6.58 Å². The third kappa shape index (κ3) is 5.29. The lowest BCUT2D eigenvalue weighted by atomic mass is 10.2. The molecule has 0 aliphatic carbocycles. The molecule has 0 radical (unpaired) electrons. The Bertz CT molecular complexity index is 1050. The van der Waals surface area contributed by atoms with Crippen LogP contribution in [0.1, 0.15) is 10.4 Å². The zero-order chi connectivity index (χ0) is 21.6. The molecule has 1 amide bonds. The Labute approximate surface area is 173 Å². The number of nitrogens with one attached hydrogen (secondary N) is 2. The van der Waals surface area contributed by atoms with E-state index in [-0.39, 0.29) is 22.7 Å². The normalized spacial score (nSPS) is 12.5. The summed E-state index contributed by atoms with van der Waals surface area (Å²) < 4.78 is 43.4. The van der Waals surface area contributed by atoms with Gasteiger partial charge in [0.05, 0.1) is 10.5 Å². The quantitative estimate of drug-likeness (QED) is 0.481. The number of rotatable bonds is 8. The first-order valence-electron chi connectivity index (χ1n) is 8.96. The van der Waals surface area contributed by atoms with Crippen molar-refractivity contribution in [3.8, 4) is 11.5 Å². The molecule has 3 rings (SSSR count). The molecule has 0 aromatic heterocycles. The highest BCUT2D eigenvalue weighted by molar-refractivity contribution is 7.92. The van der Waals surface area contributed by atoms with Crippen LogP contribution in [0.2, 0.25) is 0 Å². The second-order valence-corrected chi connectivity index (χ2v) is 7.84. The zero-order valence-corrected chi connectivity index (χ0v) is 16.7. The third-order valence-corrected chi connectivity index (χ3v) is 5.35. The van der Waals surface area contributed by atoms with Crippen molar-refractivity contribution in [1.82, 2.24) is 5.32 Å². The van der Waals surface area contributed by atoms with Crippen molar-refractivity contribution in [3.05, 3.63) is 60.7 Å². The van der Waals surface area contributed by atoms with Gasteiger partial charge >= 0.3 is 5.97 Å². The van der Waals surface area contributed by atoms with E-state index in [1.165, 1.54) is 48.5 Å². The Balaban J connectivity index is 1.62. The number of anilines is 1. The van der Waals surface area contributed by atoms with E-state index in [0.717, 1.165) is 0 Å². The van der Waals surface area contributed by atoms with Gasteiger partial charge in [0.15, 0.2) is 18.1 Å². The first-order chi connectivity index (χ1) is 14.4. The lowest BCUT2D eigenvalue weighted by Crippen LogP contribution is -2.28. The molecule has 0 unspecified atom stereocenters. The van der Waals surface area contributed by atoms with E-state index < -0.39 is 28.5 Å². The van der Waals surface area contributed by atoms with Crippen LogP contribution < -0.4 is 19.5 Å². The molecule has 0 fully saturated rings. The van der Waals surface area contributed by atoms with Gasteiger partial charge in [-0.3, -0.25) is 9.52 Å². The summed E-state index contributed by atoms with van der Waals surface area (Å²) >= 11 is 0.